The van der Waals surface area contributed by atoms with E-state index in [2.05, 4.69) is 19.9 Å². The fourth-order valence-corrected chi connectivity index (χ4v) is 4.10. The molecular weight excluding hydrogens is 331 g/mol. The molecule has 0 radical (unpaired) electrons. The first kappa shape index (κ1) is 21.7. The first-order valence-corrected chi connectivity index (χ1v) is 9.51. The zero-order chi connectivity index (χ0) is 17.5. The smallest absolute Gasteiger partial charge is 0.744 e. The van der Waals surface area contributed by atoms with Crippen molar-refractivity contribution in [2.45, 2.75) is 64.2 Å². The van der Waals surface area contributed by atoms with E-state index in [1.165, 1.54) is 5.56 Å². The van der Waals surface area contributed by atoms with Crippen LogP contribution in [0.5, 0.6) is 0 Å². The molecule has 0 amide bonds. The van der Waals surface area contributed by atoms with Crippen LogP contribution in [-0.2, 0) is 10.1 Å². The molecule has 0 atom stereocenters. The van der Waals surface area contributed by atoms with Crippen molar-refractivity contribution >= 4 is 20.9 Å². The topological polar surface area (TPSA) is 57.2 Å². The van der Waals surface area contributed by atoms with Gasteiger partial charge in [0.15, 0.2) is 0 Å². The molecule has 5 heteroatoms. The molecule has 0 aliphatic carbocycles. The van der Waals surface area contributed by atoms with Gasteiger partial charge in [-0.15, -0.1) is 0 Å². The van der Waals surface area contributed by atoms with Crippen LogP contribution < -0.4 is 29.6 Å². The van der Waals surface area contributed by atoms with Crippen molar-refractivity contribution in [1.29, 1.82) is 0 Å². The Balaban J connectivity index is 0.00000288. The molecule has 0 heterocycles. The third kappa shape index (κ3) is 4.23. The van der Waals surface area contributed by atoms with Crippen LogP contribution in [0.3, 0.4) is 0 Å². The van der Waals surface area contributed by atoms with E-state index in [-0.39, 0.29) is 46.3 Å². The van der Waals surface area contributed by atoms with Gasteiger partial charge in [-0.3, -0.25) is 0 Å². The minimum absolute atomic E-state index is 0. The van der Waals surface area contributed by atoms with Crippen molar-refractivity contribution < 1.29 is 42.5 Å². The molecule has 0 N–H and O–H groups in total. The van der Waals surface area contributed by atoms with Crippen LogP contribution in [0.1, 0.15) is 76.0 Å². The molecular formula is C19H25NaO3S. The Morgan fingerprint density at radius 2 is 1.38 bits per heavy atom. The Labute approximate surface area is 167 Å². The summed E-state index contributed by atoms with van der Waals surface area (Å²) in [5.74, 6) is 0.502. The van der Waals surface area contributed by atoms with Crippen molar-refractivity contribution in [1.82, 2.24) is 0 Å². The molecule has 0 bridgehead atoms. The minimum Gasteiger partial charge on any atom is -0.744 e. The molecule has 0 aliphatic rings. The van der Waals surface area contributed by atoms with Gasteiger partial charge in [0.2, 0.25) is 0 Å². The van der Waals surface area contributed by atoms with Crippen LogP contribution in [0.2, 0.25) is 0 Å². The summed E-state index contributed by atoms with van der Waals surface area (Å²) in [6, 6.07) is 7.62. The van der Waals surface area contributed by atoms with Crippen molar-refractivity contribution in [2.75, 3.05) is 0 Å². The summed E-state index contributed by atoms with van der Waals surface area (Å²) in [5, 5.41) is 1.87. The summed E-state index contributed by atoms with van der Waals surface area (Å²) < 4.78 is 35.4. The Kier molecular flexibility index (Phi) is 7.11. The van der Waals surface area contributed by atoms with E-state index < -0.39 is 10.1 Å². The monoisotopic (exact) mass is 356 g/mol. The zero-order valence-corrected chi connectivity index (χ0v) is 18.5. The van der Waals surface area contributed by atoms with Crippen LogP contribution in [-0.4, -0.2) is 13.0 Å². The second-order valence-electron chi connectivity index (χ2n) is 7.10. The number of benzene rings is 2. The molecule has 2 aromatic rings. The van der Waals surface area contributed by atoms with Crippen molar-refractivity contribution in [3.63, 3.8) is 0 Å². The number of rotatable bonds is 4. The molecule has 3 nitrogen and oxygen atoms in total. The Bertz CT molecular complexity index is 837. The van der Waals surface area contributed by atoms with Gasteiger partial charge in [0.1, 0.15) is 10.1 Å². The molecule has 2 aromatic carbocycles. The maximum Gasteiger partial charge on any atom is 1.00 e. The Hall–Kier alpha value is -0.390. The van der Waals surface area contributed by atoms with Gasteiger partial charge in [0.25, 0.3) is 0 Å². The average molecular weight is 356 g/mol. The molecule has 24 heavy (non-hydrogen) atoms. The third-order valence-corrected chi connectivity index (χ3v) is 5.18. The van der Waals surface area contributed by atoms with Crippen LogP contribution >= 0.6 is 0 Å². The van der Waals surface area contributed by atoms with Gasteiger partial charge in [0, 0.05) is 0 Å². The van der Waals surface area contributed by atoms with Crippen molar-refractivity contribution in [2.24, 2.45) is 0 Å². The van der Waals surface area contributed by atoms with Crippen molar-refractivity contribution in [3.8, 4) is 0 Å². The molecule has 2 rings (SSSR count). The van der Waals surface area contributed by atoms with E-state index >= 15 is 0 Å². The van der Waals surface area contributed by atoms with Gasteiger partial charge in [0.05, 0.1) is 4.90 Å². The molecule has 0 fully saturated rings. The summed E-state index contributed by atoms with van der Waals surface area (Å²) in [5.41, 5.74) is 2.87. The quantitative estimate of drug-likeness (QED) is 0.623. The van der Waals surface area contributed by atoms with Crippen LogP contribution in [0.25, 0.3) is 10.8 Å². The van der Waals surface area contributed by atoms with Crippen LogP contribution in [0, 0.1) is 0 Å². The van der Waals surface area contributed by atoms with E-state index in [9.17, 15) is 13.0 Å². The summed E-state index contributed by atoms with van der Waals surface area (Å²) in [6.45, 7) is 12.2. The summed E-state index contributed by atoms with van der Waals surface area (Å²) in [6.07, 6.45) is 0. The standard InChI is InChI=1S/C19H26O3S.Na/c1-11(2)14-7-8-15-10-17(23(20,21)22)19(13(5)6)18(12(3)4)16(15)9-14;/h7-13H,1-6H3,(H,20,21,22);/q;+1/p-1. The fraction of sp³-hybridized carbons (Fsp3) is 0.474. The largest absolute Gasteiger partial charge is 1.00 e. The Morgan fingerprint density at radius 3 is 1.79 bits per heavy atom. The zero-order valence-electron chi connectivity index (χ0n) is 15.7. The SMILES string of the molecule is CC(C)c1ccc2cc(S(=O)(=O)[O-])c(C(C)C)c(C(C)C)c2c1.[Na+]. The van der Waals surface area contributed by atoms with Gasteiger partial charge in [-0.25, -0.2) is 8.42 Å². The maximum atomic E-state index is 11.8. The fourth-order valence-electron chi connectivity index (χ4n) is 3.21. The van der Waals surface area contributed by atoms with Crippen LogP contribution in [0.4, 0.5) is 0 Å². The van der Waals surface area contributed by atoms with Gasteiger partial charge in [-0.05, 0) is 51.3 Å². The molecule has 0 unspecified atom stereocenters. The number of fused-ring (bicyclic) bond motifs is 1. The predicted octanol–water partition coefficient (Wildman–Crippen LogP) is 2.12. The summed E-state index contributed by atoms with van der Waals surface area (Å²) >= 11 is 0. The van der Waals surface area contributed by atoms with E-state index in [1.807, 2.05) is 39.8 Å². The van der Waals surface area contributed by atoms with E-state index in [4.69, 9.17) is 0 Å². The second-order valence-corrected chi connectivity index (χ2v) is 8.45. The molecule has 0 aromatic heterocycles. The predicted molar refractivity (Wildman–Crippen MR) is 94.2 cm³/mol. The first-order chi connectivity index (χ1) is 10.5. The minimum atomic E-state index is -4.50. The van der Waals surface area contributed by atoms with Gasteiger partial charge in [-0.2, -0.15) is 0 Å². The van der Waals surface area contributed by atoms with Crippen molar-refractivity contribution in [3.05, 3.63) is 41.0 Å². The summed E-state index contributed by atoms with van der Waals surface area (Å²) in [7, 11) is -4.50. The molecule has 126 valence electrons. The molecule has 0 aliphatic heterocycles. The van der Waals surface area contributed by atoms with Crippen LogP contribution in [0.15, 0.2) is 29.2 Å². The first-order valence-electron chi connectivity index (χ1n) is 8.10. The molecule has 0 saturated heterocycles. The van der Waals surface area contributed by atoms with Gasteiger partial charge < -0.3 is 4.55 Å². The van der Waals surface area contributed by atoms with E-state index in [0.29, 0.717) is 11.5 Å². The molecule has 0 saturated carbocycles. The Morgan fingerprint density at radius 1 is 0.833 bits per heavy atom. The summed E-state index contributed by atoms with van der Waals surface area (Å²) in [4.78, 5) is -0.0685. The second kappa shape index (κ2) is 7.88. The molecule has 0 spiro atoms. The van der Waals surface area contributed by atoms with Gasteiger partial charge in [-0.1, -0.05) is 59.7 Å². The number of hydrogen-bond acceptors (Lipinski definition) is 3. The van der Waals surface area contributed by atoms with E-state index in [0.717, 1.165) is 16.3 Å². The number of hydrogen-bond donors (Lipinski definition) is 0. The van der Waals surface area contributed by atoms with Gasteiger partial charge >= 0.3 is 29.6 Å². The normalized spacial score (nSPS) is 12.2. The maximum absolute atomic E-state index is 11.8. The van der Waals surface area contributed by atoms with E-state index in [1.54, 1.807) is 6.07 Å². The third-order valence-electron chi connectivity index (χ3n) is 4.30. The average Bonchev–Trinajstić information content (AvgIpc) is 2.42.